The van der Waals surface area contributed by atoms with E-state index >= 15 is 0 Å². The molecule has 3 atom stereocenters. The molecule has 1 amide bonds. The lowest BCUT2D eigenvalue weighted by Gasteiger charge is -2.39. The van der Waals surface area contributed by atoms with Crippen molar-refractivity contribution in [3.63, 3.8) is 0 Å². The predicted octanol–water partition coefficient (Wildman–Crippen LogP) is 3.99. The van der Waals surface area contributed by atoms with Crippen molar-refractivity contribution in [2.75, 3.05) is 0 Å². The Bertz CT molecular complexity index is 598. The zero-order chi connectivity index (χ0) is 15.4. The molecule has 0 spiro atoms. The number of pyridine rings is 1. The molecule has 0 aromatic carbocycles. The van der Waals surface area contributed by atoms with E-state index in [0.29, 0.717) is 21.9 Å². The fraction of sp³-hybridized carbons (Fsp3) is 0.647. The normalized spacial score (nSPS) is 33.2. The number of halogens is 1. The third kappa shape index (κ3) is 2.09. The monoisotopic (exact) mass is 306 g/mol. The zero-order valence-electron chi connectivity index (χ0n) is 13.2. The van der Waals surface area contributed by atoms with Gasteiger partial charge in [-0.15, -0.1) is 0 Å². The fourth-order valence-electron chi connectivity index (χ4n) is 4.35. The van der Waals surface area contributed by atoms with Crippen LogP contribution in [0.25, 0.3) is 0 Å². The van der Waals surface area contributed by atoms with Gasteiger partial charge in [0.15, 0.2) is 0 Å². The van der Waals surface area contributed by atoms with E-state index in [-0.39, 0.29) is 17.4 Å². The Morgan fingerprint density at radius 1 is 1.43 bits per heavy atom. The van der Waals surface area contributed by atoms with E-state index < -0.39 is 0 Å². The van der Waals surface area contributed by atoms with Crippen LogP contribution < -0.4 is 5.32 Å². The molecule has 3 unspecified atom stereocenters. The maximum absolute atomic E-state index is 12.5. The van der Waals surface area contributed by atoms with E-state index in [2.05, 4.69) is 31.1 Å². The molecule has 2 saturated carbocycles. The van der Waals surface area contributed by atoms with Crippen LogP contribution in [0.5, 0.6) is 0 Å². The van der Waals surface area contributed by atoms with Crippen molar-refractivity contribution in [1.29, 1.82) is 0 Å². The van der Waals surface area contributed by atoms with Gasteiger partial charge in [-0.1, -0.05) is 32.4 Å². The molecular formula is C17H23ClN2O. The number of aromatic nitrogens is 1. The summed E-state index contributed by atoms with van der Waals surface area (Å²) < 4.78 is 0. The standard InChI is InChI=1S/C17H23ClN2O/c1-10-7-13(18)12(9-19-10)15(21)20-14-8-11-5-6-17(14,4)16(11,2)3/h7,9,11,14H,5-6,8H2,1-4H3,(H,20,21). The molecule has 4 heteroatoms. The lowest BCUT2D eigenvalue weighted by molar-refractivity contribution is 0.0826. The summed E-state index contributed by atoms with van der Waals surface area (Å²) >= 11 is 6.18. The van der Waals surface area contributed by atoms with Gasteiger partial charge in [-0.25, -0.2) is 0 Å². The van der Waals surface area contributed by atoms with Gasteiger partial charge in [-0.2, -0.15) is 0 Å². The minimum absolute atomic E-state index is 0.0953. The van der Waals surface area contributed by atoms with Crippen molar-refractivity contribution in [3.8, 4) is 0 Å². The third-order valence-electron chi connectivity index (χ3n) is 6.33. The van der Waals surface area contributed by atoms with Gasteiger partial charge >= 0.3 is 0 Å². The van der Waals surface area contributed by atoms with Gasteiger partial charge in [0, 0.05) is 17.9 Å². The highest BCUT2D eigenvalue weighted by Crippen LogP contribution is 2.65. The highest BCUT2D eigenvalue weighted by Gasteiger charge is 2.61. The van der Waals surface area contributed by atoms with Gasteiger partial charge < -0.3 is 5.32 Å². The van der Waals surface area contributed by atoms with Crippen LogP contribution in [0.15, 0.2) is 12.3 Å². The molecule has 0 saturated heterocycles. The van der Waals surface area contributed by atoms with Crippen molar-refractivity contribution in [1.82, 2.24) is 10.3 Å². The summed E-state index contributed by atoms with van der Waals surface area (Å²) in [6, 6.07) is 1.97. The molecule has 1 N–H and O–H groups in total. The summed E-state index contributed by atoms with van der Waals surface area (Å²) in [6.45, 7) is 8.88. The molecule has 114 valence electrons. The van der Waals surface area contributed by atoms with E-state index in [4.69, 9.17) is 11.6 Å². The molecular weight excluding hydrogens is 284 g/mol. The van der Waals surface area contributed by atoms with Gasteiger partial charge in [-0.3, -0.25) is 9.78 Å². The van der Waals surface area contributed by atoms with Crippen LogP contribution in [0.2, 0.25) is 5.02 Å². The first-order valence-electron chi connectivity index (χ1n) is 7.69. The van der Waals surface area contributed by atoms with Crippen molar-refractivity contribution in [2.45, 2.75) is 53.0 Å². The quantitative estimate of drug-likeness (QED) is 0.897. The molecule has 1 aromatic rings. The van der Waals surface area contributed by atoms with Crippen LogP contribution in [0.3, 0.4) is 0 Å². The second kappa shape index (κ2) is 4.70. The first-order chi connectivity index (χ1) is 9.75. The highest BCUT2D eigenvalue weighted by atomic mass is 35.5. The Morgan fingerprint density at radius 3 is 2.67 bits per heavy atom. The number of amides is 1. The predicted molar refractivity (Wildman–Crippen MR) is 84.5 cm³/mol. The Hall–Kier alpha value is -1.09. The second-order valence-corrected chi connectivity index (χ2v) is 7.85. The number of hydrogen-bond acceptors (Lipinski definition) is 2. The Labute approximate surface area is 131 Å². The van der Waals surface area contributed by atoms with E-state index in [1.165, 1.54) is 12.8 Å². The maximum Gasteiger partial charge on any atom is 0.254 e. The van der Waals surface area contributed by atoms with Gasteiger partial charge in [0.2, 0.25) is 0 Å². The topological polar surface area (TPSA) is 42.0 Å². The molecule has 1 aromatic heterocycles. The van der Waals surface area contributed by atoms with Crippen LogP contribution in [-0.2, 0) is 0 Å². The van der Waals surface area contributed by atoms with Gasteiger partial charge in [0.1, 0.15) is 0 Å². The molecule has 0 aliphatic heterocycles. The van der Waals surface area contributed by atoms with Crippen molar-refractivity contribution in [3.05, 3.63) is 28.5 Å². The van der Waals surface area contributed by atoms with Crippen molar-refractivity contribution >= 4 is 17.5 Å². The minimum atomic E-state index is -0.0953. The van der Waals surface area contributed by atoms with E-state index in [1.807, 2.05) is 6.92 Å². The molecule has 2 bridgehead atoms. The Kier molecular flexibility index (Phi) is 3.32. The van der Waals surface area contributed by atoms with E-state index in [1.54, 1.807) is 12.3 Å². The van der Waals surface area contributed by atoms with Crippen LogP contribution >= 0.6 is 11.6 Å². The third-order valence-corrected chi connectivity index (χ3v) is 6.65. The van der Waals surface area contributed by atoms with Crippen LogP contribution in [0.4, 0.5) is 0 Å². The lowest BCUT2D eigenvalue weighted by atomic mass is 9.69. The average Bonchev–Trinajstić information content (AvgIpc) is 2.71. The van der Waals surface area contributed by atoms with E-state index in [0.717, 1.165) is 12.1 Å². The molecule has 3 rings (SSSR count). The lowest BCUT2D eigenvalue weighted by Crippen LogP contribution is -2.47. The van der Waals surface area contributed by atoms with Gasteiger partial charge in [-0.05, 0) is 49.0 Å². The van der Waals surface area contributed by atoms with E-state index in [9.17, 15) is 4.79 Å². The molecule has 2 fully saturated rings. The average molecular weight is 307 g/mol. The first kappa shape index (κ1) is 14.8. The Balaban J connectivity index is 1.80. The molecule has 21 heavy (non-hydrogen) atoms. The summed E-state index contributed by atoms with van der Waals surface area (Å²) in [5.41, 5.74) is 1.77. The number of carbonyl (C=O) groups excluding carboxylic acids is 1. The maximum atomic E-state index is 12.5. The summed E-state index contributed by atoms with van der Waals surface area (Å²) in [5, 5.41) is 3.70. The number of nitrogens with one attached hydrogen (secondary N) is 1. The number of aryl methyl sites for hydroxylation is 1. The smallest absolute Gasteiger partial charge is 0.254 e. The van der Waals surface area contributed by atoms with Crippen LogP contribution in [0, 0.1) is 23.7 Å². The fourth-order valence-corrected chi connectivity index (χ4v) is 4.64. The van der Waals surface area contributed by atoms with Crippen molar-refractivity contribution < 1.29 is 4.79 Å². The molecule has 2 aliphatic carbocycles. The Morgan fingerprint density at radius 2 is 2.14 bits per heavy atom. The first-order valence-corrected chi connectivity index (χ1v) is 8.06. The summed E-state index contributed by atoms with van der Waals surface area (Å²) in [6.07, 6.45) is 5.12. The number of hydrogen-bond donors (Lipinski definition) is 1. The largest absolute Gasteiger partial charge is 0.349 e. The number of fused-ring (bicyclic) bond motifs is 2. The minimum Gasteiger partial charge on any atom is -0.349 e. The number of nitrogens with zero attached hydrogens (tertiary/aromatic N) is 1. The molecule has 0 radical (unpaired) electrons. The zero-order valence-corrected chi connectivity index (χ0v) is 13.9. The van der Waals surface area contributed by atoms with Crippen LogP contribution in [-0.4, -0.2) is 16.9 Å². The number of carbonyl (C=O) groups is 1. The van der Waals surface area contributed by atoms with Gasteiger partial charge in [0.05, 0.1) is 10.6 Å². The molecule has 2 aliphatic rings. The summed E-state index contributed by atoms with van der Waals surface area (Å²) in [5.74, 6) is 0.612. The summed E-state index contributed by atoms with van der Waals surface area (Å²) in [7, 11) is 0. The van der Waals surface area contributed by atoms with Crippen LogP contribution in [0.1, 0.15) is 56.1 Å². The second-order valence-electron chi connectivity index (χ2n) is 7.44. The van der Waals surface area contributed by atoms with Crippen molar-refractivity contribution in [2.24, 2.45) is 16.7 Å². The summed E-state index contributed by atoms with van der Waals surface area (Å²) in [4.78, 5) is 16.7. The number of rotatable bonds is 2. The molecule has 1 heterocycles. The highest BCUT2D eigenvalue weighted by molar-refractivity contribution is 6.33. The van der Waals surface area contributed by atoms with Gasteiger partial charge in [0.25, 0.3) is 5.91 Å². The SMILES string of the molecule is Cc1cc(Cl)c(C(=O)NC2CC3CCC2(C)C3(C)C)cn1. The molecule has 3 nitrogen and oxygen atoms in total.